The summed E-state index contributed by atoms with van der Waals surface area (Å²) in [6.45, 7) is 0. The van der Waals surface area contributed by atoms with Crippen LogP contribution < -0.4 is 0 Å². The molecule has 0 saturated carbocycles. The lowest BCUT2D eigenvalue weighted by Gasteiger charge is -2.05. The van der Waals surface area contributed by atoms with E-state index in [2.05, 4.69) is 11.2 Å². The molecule has 22 heavy (non-hydrogen) atoms. The van der Waals surface area contributed by atoms with Gasteiger partial charge < -0.3 is 4.42 Å². The maximum absolute atomic E-state index is 11.6. The standard InChI is InChI=1S/C15H9N3O2S2/c16-7-10-3-1-2-4-12(10)13-6-5-11(20-13)8-17-18-14(19)9-22-15(18)21/h1-6,8H,9H2/b17-8-. The van der Waals surface area contributed by atoms with Gasteiger partial charge in [0.25, 0.3) is 5.91 Å². The third kappa shape index (κ3) is 2.79. The molecule has 1 aliphatic rings. The van der Waals surface area contributed by atoms with Crippen molar-refractivity contribution in [2.75, 3.05) is 5.75 Å². The quantitative estimate of drug-likeness (QED) is 0.640. The fourth-order valence-electron chi connectivity index (χ4n) is 1.94. The average Bonchev–Trinajstić information content (AvgIpc) is 3.13. The molecule has 7 heteroatoms. The zero-order chi connectivity index (χ0) is 15.5. The Labute approximate surface area is 136 Å². The Morgan fingerprint density at radius 3 is 2.91 bits per heavy atom. The number of nitrogens with zero attached hydrogens (tertiary/aromatic N) is 3. The maximum Gasteiger partial charge on any atom is 0.259 e. The second-order valence-corrected chi connectivity index (χ2v) is 5.97. The molecule has 108 valence electrons. The number of hydrogen-bond acceptors (Lipinski definition) is 6. The first kappa shape index (κ1) is 14.5. The van der Waals surface area contributed by atoms with Crippen molar-refractivity contribution in [3.05, 3.63) is 47.7 Å². The smallest absolute Gasteiger partial charge is 0.259 e. The third-order valence-corrected chi connectivity index (χ3v) is 4.31. The summed E-state index contributed by atoms with van der Waals surface area (Å²) in [5.74, 6) is 1.22. The van der Waals surface area contributed by atoms with Crippen molar-refractivity contribution in [2.24, 2.45) is 5.10 Å². The Balaban J connectivity index is 1.84. The van der Waals surface area contributed by atoms with Crippen LogP contribution >= 0.6 is 24.0 Å². The van der Waals surface area contributed by atoms with Crippen molar-refractivity contribution in [1.82, 2.24) is 5.01 Å². The lowest BCUT2D eigenvalue weighted by molar-refractivity contribution is -0.123. The van der Waals surface area contributed by atoms with Gasteiger partial charge in [0.1, 0.15) is 11.5 Å². The minimum atomic E-state index is -0.146. The summed E-state index contributed by atoms with van der Waals surface area (Å²) < 4.78 is 6.09. The molecule has 5 nitrogen and oxygen atoms in total. The van der Waals surface area contributed by atoms with Crippen LogP contribution in [0.2, 0.25) is 0 Å². The van der Waals surface area contributed by atoms with Crippen molar-refractivity contribution in [2.45, 2.75) is 0 Å². The first-order valence-corrected chi connectivity index (χ1v) is 7.71. The van der Waals surface area contributed by atoms with Gasteiger partial charge in [-0.1, -0.05) is 36.1 Å². The van der Waals surface area contributed by atoms with Crippen molar-refractivity contribution in [1.29, 1.82) is 5.26 Å². The predicted molar refractivity (Wildman–Crippen MR) is 88.4 cm³/mol. The molecule has 0 unspecified atom stereocenters. The van der Waals surface area contributed by atoms with Gasteiger partial charge in [0.2, 0.25) is 0 Å². The summed E-state index contributed by atoms with van der Waals surface area (Å²) in [7, 11) is 0. The summed E-state index contributed by atoms with van der Waals surface area (Å²) in [5, 5.41) is 14.3. The number of thioether (sulfide) groups is 1. The van der Waals surface area contributed by atoms with Crippen LogP contribution in [0.3, 0.4) is 0 Å². The monoisotopic (exact) mass is 327 g/mol. The van der Waals surface area contributed by atoms with E-state index < -0.39 is 0 Å². The minimum absolute atomic E-state index is 0.146. The molecule has 1 aromatic carbocycles. The summed E-state index contributed by atoms with van der Waals surface area (Å²) in [5.41, 5.74) is 1.25. The molecule has 0 bridgehead atoms. The van der Waals surface area contributed by atoms with E-state index >= 15 is 0 Å². The van der Waals surface area contributed by atoms with Crippen LogP contribution in [0.15, 0.2) is 45.9 Å². The molecule has 2 aromatic rings. The highest BCUT2D eigenvalue weighted by atomic mass is 32.2. The van der Waals surface area contributed by atoms with E-state index in [1.165, 1.54) is 23.0 Å². The fourth-order valence-corrected chi connectivity index (χ4v) is 2.90. The maximum atomic E-state index is 11.6. The molecule has 0 aliphatic carbocycles. The number of carbonyl (C=O) groups is 1. The second kappa shape index (κ2) is 6.13. The Morgan fingerprint density at radius 2 is 2.18 bits per heavy atom. The Kier molecular flexibility index (Phi) is 4.04. The van der Waals surface area contributed by atoms with Gasteiger partial charge in [-0.2, -0.15) is 15.4 Å². The first-order chi connectivity index (χ1) is 10.7. The largest absolute Gasteiger partial charge is 0.455 e. The Bertz CT molecular complexity index is 804. The molecule has 1 aromatic heterocycles. The molecule has 1 amide bonds. The lowest BCUT2D eigenvalue weighted by atomic mass is 10.1. The van der Waals surface area contributed by atoms with Gasteiger partial charge in [0.05, 0.1) is 23.6 Å². The van der Waals surface area contributed by atoms with E-state index in [1.807, 2.05) is 12.1 Å². The molecule has 0 N–H and O–H groups in total. The molecule has 1 saturated heterocycles. The normalized spacial score (nSPS) is 14.8. The Hall–Kier alpha value is -2.43. The molecule has 0 atom stereocenters. The number of furan rings is 1. The van der Waals surface area contributed by atoms with Crippen LogP contribution in [0.5, 0.6) is 0 Å². The van der Waals surface area contributed by atoms with Gasteiger partial charge in [-0.25, -0.2) is 0 Å². The molecule has 0 spiro atoms. The van der Waals surface area contributed by atoms with Gasteiger partial charge in [0.15, 0.2) is 4.32 Å². The third-order valence-electron chi connectivity index (χ3n) is 2.97. The van der Waals surface area contributed by atoms with Crippen LogP contribution in [0.4, 0.5) is 0 Å². The number of thiocarbonyl (C=S) groups is 1. The van der Waals surface area contributed by atoms with Crippen molar-refractivity contribution >= 4 is 40.4 Å². The van der Waals surface area contributed by atoms with Crippen LogP contribution in [0.1, 0.15) is 11.3 Å². The predicted octanol–water partition coefficient (Wildman–Crippen LogP) is 3.01. The number of nitriles is 1. The van der Waals surface area contributed by atoms with E-state index in [4.69, 9.17) is 21.9 Å². The summed E-state index contributed by atoms with van der Waals surface area (Å²) in [6.07, 6.45) is 1.44. The number of carbonyl (C=O) groups excluding carboxylic acids is 1. The average molecular weight is 327 g/mol. The highest BCUT2D eigenvalue weighted by molar-refractivity contribution is 8.23. The number of rotatable bonds is 3. The molecule has 1 aliphatic heterocycles. The van der Waals surface area contributed by atoms with Gasteiger partial charge in [0, 0.05) is 5.56 Å². The lowest BCUT2D eigenvalue weighted by Crippen LogP contribution is -2.22. The van der Waals surface area contributed by atoms with Crippen molar-refractivity contribution < 1.29 is 9.21 Å². The molecule has 0 radical (unpaired) electrons. The van der Waals surface area contributed by atoms with Gasteiger partial charge in [-0.15, -0.1) is 0 Å². The Morgan fingerprint density at radius 1 is 1.36 bits per heavy atom. The topological polar surface area (TPSA) is 69.6 Å². The first-order valence-electron chi connectivity index (χ1n) is 6.32. The van der Waals surface area contributed by atoms with Gasteiger partial charge in [-0.3, -0.25) is 4.79 Å². The van der Waals surface area contributed by atoms with E-state index in [-0.39, 0.29) is 5.91 Å². The summed E-state index contributed by atoms with van der Waals surface area (Å²) in [6, 6.07) is 12.8. The van der Waals surface area contributed by atoms with E-state index in [9.17, 15) is 4.79 Å². The summed E-state index contributed by atoms with van der Waals surface area (Å²) >= 11 is 6.32. The number of benzene rings is 1. The molecule has 2 heterocycles. The molecule has 1 fully saturated rings. The molecule has 3 rings (SSSR count). The van der Waals surface area contributed by atoms with E-state index in [0.29, 0.717) is 32.7 Å². The van der Waals surface area contributed by atoms with Crippen LogP contribution in [0.25, 0.3) is 11.3 Å². The SMILES string of the molecule is N#Cc1ccccc1-c1ccc(/C=N\N2C(=O)CSC2=S)o1. The minimum Gasteiger partial charge on any atom is -0.455 e. The highest BCUT2D eigenvalue weighted by Crippen LogP contribution is 2.25. The zero-order valence-electron chi connectivity index (χ0n) is 11.2. The highest BCUT2D eigenvalue weighted by Gasteiger charge is 2.26. The van der Waals surface area contributed by atoms with Crippen molar-refractivity contribution in [3.8, 4) is 17.4 Å². The number of amides is 1. The fraction of sp³-hybridized carbons (Fsp3) is 0.0667. The van der Waals surface area contributed by atoms with Crippen molar-refractivity contribution in [3.63, 3.8) is 0 Å². The van der Waals surface area contributed by atoms with E-state index in [0.717, 1.165) is 0 Å². The summed E-state index contributed by atoms with van der Waals surface area (Å²) in [4.78, 5) is 11.6. The van der Waals surface area contributed by atoms with Gasteiger partial charge >= 0.3 is 0 Å². The molecular weight excluding hydrogens is 318 g/mol. The van der Waals surface area contributed by atoms with Crippen LogP contribution in [-0.4, -0.2) is 27.2 Å². The zero-order valence-corrected chi connectivity index (χ0v) is 12.9. The molecular formula is C15H9N3O2S2. The van der Waals surface area contributed by atoms with Crippen LogP contribution in [0, 0.1) is 11.3 Å². The number of hydrazone groups is 1. The number of hydrogen-bond donors (Lipinski definition) is 0. The van der Waals surface area contributed by atoms with E-state index in [1.54, 1.807) is 24.3 Å². The van der Waals surface area contributed by atoms with Crippen LogP contribution in [-0.2, 0) is 4.79 Å². The van der Waals surface area contributed by atoms with Gasteiger partial charge in [-0.05, 0) is 24.3 Å². The second-order valence-electron chi connectivity index (χ2n) is 4.36.